The molecule has 4 rings (SSSR count). The van der Waals surface area contributed by atoms with E-state index in [9.17, 15) is 21.6 Å². The Labute approximate surface area is 182 Å². The lowest BCUT2D eigenvalue weighted by atomic mass is 10.0. The van der Waals surface area contributed by atoms with Crippen LogP contribution in [0.5, 0.6) is 0 Å². The highest BCUT2D eigenvalue weighted by Gasteiger charge is 2.30. The molecule has 0 spiro atoms. The molecule has 0 saturated carbocycles. The molecule has 0 bridgehead atoms. The Balaban J connectivity index is 1.76. The number of halogens is 3. The summed E-state index contributed by atoms with van der Waals surface area (Å²) in [6.45, 7) is 0. The minimum Gasteiger partial charge on any atom is -0.236 e. The summed E-state index contributed by atoms with van der Waals surface area (Å²) >= 11 is 0. The zero-order chi connectivity index (χ0) is 22.9. The fraction of sp³-hybridized carbons (Fsp3) is 0.182. The molecule has 0 aliphatic carbocycles. The molecule has 10 heteroatoms. The highest BCUT2D eigenvalue weighted by atomic mass is 32.2. The van der Waals surface area contributed by atoms with Gasteiger partial charge in [-0.25, -0.2) is 22.6 Å². The van der Waals surface area contributed by atoms with Crippen LogP contribution in [0.2, 0.25) is 0 Å². The maximum Gasteiger partial charge on any atom is 0.416 e. The van der Waals surface area contributed by atoms with Gasteiger partial charge in [0.15, 0.2) is 5.65 Å². The van der Waals surface area contributed by atoms with Gasteiger partial charge in [0.25, 0.3) is 0 Å². The molecule has 1 N–H and O–H groups in total. The largest absolute Gasteiger partial charge is 0.416 e. The SMILES string of the molecule is CS(=O)(=O)N[C@H](Cc1ccccc1)c1ccnc2c(-c3ccc(C(F)(F)F)cc3)cnn12. The van der Waals surface area contributed by atoms with Crippen LogP contribution in [0.1, 0.15) is 22.9 Å². The second kappa shape index (κ2) is 8.36. The first-order valence-corrected chi connectivity index (χ1v) is 11.5. The van der Waals surface area contributed by atoms with Gasteiger partial charge < -0.3 is 0 Å². The lowest BCUT2D eigenvalue weighted by Crippen LogP contribution is -2.30. The van der Waals surface area contributed by atoms with Crippen molar-refractivity contribution in [3.63, 3.8) is 0 Å². The molecular formula is C22H19F3N4O2S. The summed E-state index contributed by atoms with van der Waals surface area (Å²) in [6.07, 6.45) is 0.0753. The Hall–Kier alpha value is -3.24. The summed E-state index contributed by atoms with van der Waals surface area (Å²) < 4.78 is 66.9. The zero-order valence-electron chi connectivity index (χ0n) is 16.9. The molecule has 0 unspecified atom stereocenters. The first-order valence-electron chi connectivity index (χ1n) is 9.63. The Bertz CT molecular complexity index is 1340. The van der Waals surface area contributed by atoms with E-state index >= 15 is 0 Å². The number of sulfonamides is 1. The summed E-state index contributed by atoms with van der Waals surface area (Å²) in [5.41, 5.74) is 2.21. The smallest absolute Gasteiger partial charge is 0.236 e. The number of nitrogens with one attached hydrogen (secondary N) is 1. The standard InChI is InChI=1S/C22H19F3N4O2S/c1-32(30,31)28-19(13-15-5-3-2-4-6-15)20-11-12-26-21-18(14-27-29(20)21)16-7-9-17(10-8-16)22(23,24)25/h2-12,14,19,28H,13H2,1H3/t19-/m1/s1. The molecule has 0 saturated heterocycles. The Kier molecular flexibility index (Phi) is 5.74. The number of nitrogens with zero attached hydrogens (tertiary/aromatic N) is 3. The molecule has 2 aromatic heterocycles. The number of alkyl halides is 3. The van der Waals surface area contributed by atoms with E-state index in [4.69, 9.17) is 0 Å². The topological polar surface area (TPSA) is 76.4 Å². The molecule has 2 aromatic carbocycles. The first-order chi connectivity index (χ1) is 15.1. The lowest BCUT2D eigenvalue weighted by Gasteiger charge is -2.19. The highest BCUT2D eigenvalue weighted by molar-refractivity contribution is 7.88. The predicted octanol–water partition coefficient (Wildman–Crippen LogP) is 4.25. The average molecular weight is 460 g/mol. The molecule has 32 heavy (non-hydrogen) atoms. The number of hydrogen-bond donors (Lipinski definition) is 1. The van der Waals surface area contributed by atoms with Crippen molar-refractivity contribution in [1.29, 1.82) is 0 Å². The number of hydrogen-bond acceptors (Lipinski definition) is 4. The number of fused-ring (bicyclic) bond motifs is 1. The van der Waals surface area contributed by atoms with Crippen LogP contribution in [0.3, 0.4) is 0 Å². The van der Waals surface area contributed by atoms with Crippen molar-refractivity contribution in [3.8, 4) is 11.1 Å². The third kappa shape index (κ3) is 4.81. The van der Waals surface area contributed by atoms with E-state index in [0.717, 1.165) is 24.0 Å². The van der Waals surface area contributed by atoms with E-state index < -0.39 is 27.8 Å². The summed E-state index contributed by atoms with van der Waals surface area (Å²) in [5.74, 6) is 0. The van der Waals surface area contributed by atoms with E-state index in [-0.39, 0.29) is 0 Å². The monoisotopic (exact) mass is 460 g/mol. The fourth-order valence-corrected chi connectivity index (χ4v) is 4.25. The van der Waals surface area contributed by atoms with Crippen molar-refractivity contribution >= 4 is 15.7 Å². The minimum atomic E-state index is -4.42. The summed E-state index contributed by atoms with van der Waals surface area (Å²) in [5, 5.41) is 4.36. The number of benzene rings is 2. The molecule has 1 atom stereocenters. The molecule has 4 aromatic rings. The van der Waals surface area contributed by atoms with Crippen molar-refractivity contribution in [2.24, 2.45) is 0 Å². The van der Waals surface area contributed by atoms with Gasteiger partial charge in [0, 0.05) is 11.8 Å². The Morgan fingerprint density at radius 2 is 1.72 bits per heavy atom. The van der Waals surface area contributed by atoms with Gasteiger partial charge in [0.2, 0.25) is 10.0 Å². The molecule has 2 heterocycles. The van der Waals surface area contributed by atoms with Crippen LogP contribution in [0.25, 0.3) is 16.8 Å². The van der Waals surface area contributed by atoms with Gasteiger partial charge in [-0.1, -0.05) is 42.5 Å². The number of rotatable bonds is 6. The van der Waals surface area contributed by atoms with Gasteiger partial charge in [-0.05, 0) is 35.7 Å². The third-order valence-electron chi connectivity index (χ3n) is 4.95. The fourth-order valence-electron chi connectivity index (χ4n) is 3.53. The van der Waals surface area contributed by atoms with E-state index in [0.29, 0.717) is 28.9 Å². The average Bonchev–Trinajstić information content (AvgIpc) is 3.17. The maximum atomic E-state index is 12.9. The van der Waals surface area contributed by atoms with Crippen molar-refractivity contribution in [1.82, 2.24) is 19.3 Å². The maximum absolute atomic E-state index is 12.9. The molecule has 0 aliphatic heterocycles. The summed E-state index contributed by atoms with van der Waals surface area (Å²) in [4.78, 5) is 4.34. The van der Waals surface area contributed by atoms with Crippen LogP contribution in [-0.4, -0.2) is 29.3 Å². The van der Waals surface area contributed by atoms with Gasteiger partial charge in [0.1, 0.15) is 0 Å². The second-order valence-corrected chi connectivity index (χ2v) is 9.15. The van der Waals surface area contributed by atoms with Crippen molar-refractivity contribution < 1.29 is 21.6 Å². The quantitative estimate of drug-likeness (QED) is 0.467. The van der Waals surface area contributed by atoms with E-state index in [2.05, 4.69) is 14.8 Å². The Morgan fingerprint density at radius 1 is 1.03 bits per heavy atom. The summed E-state index contributed by atoms with van der Waals surface area (Å²) in [7, 11) is -3.54. The van der Waals surface area contributed by atoms with Crippen LogP contribution < -0.4 is 4.72 Å². The first kappa shape index (κ1) is 22.0. The molecule has 0 radical (unpaired) electrons. The van der Waals surface area contributed by atoms with Gasteiger partial charge in [0.05, 0.1) is 29.8 Å². The molecule has 0 aliphatic rings. The molecule has 166 valence electrons. The van der Waals surface area contributed by atoms with Crippen molar-refractivity contribution in [2.75, 3.05) is 6.26 Å². The second-order valence-electron chi connectivity index (χ2n) is 7.37. The van der Waals surface area contributed by atoms with Crippen molar-refractivity contribution in [3.05, 3.63) is 89.9 Å². The highest BCUT2D eigenvalue weighted by Crippen LogP contribution is 2.32. The number of aromatic nitrogens is 3. The van der Waals surface area contributed by atoms with Gasteiger partial charge >= 0.3 is 6.18 Å². The van der Waals surface area contributed by atoms with Crippen LogP contribution in [-0.2, 0) is 22.6 Å². The van der Waals surface area contributed by atoms with Gasteiger partial charge in [-0.3, -0.25) is 0 Å². The van der Waals surface area contributed by atoms with E-state index in [1.807, 2.05) is 30.3 Å². The molecular weight excluding hydrogens is 441 g/mol. The van der Waals surface area contributed by atoms with E-state index in [1.165, 1.54) is 29.0 Å². The minimum absolute atomic E-state index is 0.377. The molecule has 0 amide bonds. The van der Waals surface area contributed by atoms with Crippen molar-refractivity contribution in [2.45, 2.75) is 18.6 Å². The van der Waals surface area contributed by atoms with E-state index in [1.54, 1.807) is 6.07 Å². The van der Waals surface area contributed by atoms with Gasteiger partial charge in [-0.15, -0.1) is 0 Å². The normalized spacial score (nSPS) is 13.4. The predicted molar refractivity (Wildman–Crippen MR) is 114 cm³/mol. The van der Waals surface area contributed by atoms with Crippen LogP contribution in [0, 0.1) is 0 Å². The molecule has 6 nitrogen and oxygen atoms in total. The summed E-state index contributed by atoms with van der Waals surface area (Å²) in [6, 6.07) is 15.2. The van der Waals surface area contributed by atoms with Gasteiger partial charge in [-0.2, -0.15) is 18.3 Å². The van der Waals surface area contributed by atoms with Crippen LogP contribution in [0.15, 0.2) is 73.1 Å². The zero-order valence-corrected chi connectivity index (χ0v) is 17.7. The lowest BCUT2D eigenvalue weighted by molar-refractivity contribution is -0.137. The Morgan fingerprint density at radius 3 is 2.34 bits per heavy atom. The third-order valence-corrected chi connectivity index (χ3v) is 5.66. The van der Waals surface area contributed by atoms with Crippen LogP contribution in [0.4, 0.5) is 13.2 Å². The van der Waals surface area contributed by atoms with Crippen LogP contribution >= 0.6 is 0 Å². The molecule has 0 fully saturated rings.